The zero-order chi connectivity index (χ0) is 31.4. The van der Waals surface area contributed by atoms with Crippen molar-refractivity contribution < 1.29 is 14.2 Å². The Bertz CT molecular complexity index is 1580. The number of nitrogens with zero attached hydrogens (tertiary/aromatic N) is 3. The predicted molar refractivity (Wildman–Crippen MR) is 183 cm³/mol. The molecule has 5 rings (SSSR count). The van der Waals surface area contributed by atoms with E-state index in [0.29, 0.717) is 19.8 Å². The Hall–Kier alpha value is -4.55. The highest BCUT2D eigenvalue weighted by molar-refractivity contribution is 5.69. The molecule has 0 radical (unpaired) electrons. The van der Waals surface area contributed by atoms with Crippen LogP contribution in [0.1, 0.15) is 50.4 Å². The Morgan fingerprint density at radius 3 is 1.82 bits per heavy atom. The maximum Gasteiger partial charge on any atom is 0.140 e. The van der Waals surface area contributed by atoms with Gasteiger partial charge in [-0.05, 0) is 79.9 Å². The quantitative estimate of drug-likeness (QED) is 0.113. The van der Waals surface area contributed by atoms with Gasteiger partial charge in [-0.2, -0.15) is 0 Å². The smallest absolute Gasteiger partial charge is 0.140 e. The summed E-state index contributed by atoms with van der Waals surface area (Å²) in [5.41, 5.74) is 6.81. The van der Waals surface area contributed by atoms with Gasteiger partial charge in [0.05, 0.1) is 31.7 Å². The molecule has 0 spiro atoms. The summed E-state index contributed by atoms with van der Waals surface area (Å²) in [5.74, 6) is 3.62. The molecule has 45 heavy (non-hydrogen) atoms. The highest BCUT2D eigenvalue weighted by Gasteiger charge is 2.22. The lowest BCUT2D eigenvalue weighted by atomic mass is 10.1. The fourth-order valence-corrected chi connectivity index (χ4v) is 5.69. The van der Waals surface area contributed by atoms with Crippen LogP contribution in [0.4, 0.5) is 0 Å². The second-order valence-electron chi connectivity index (χ2n) is 11.1. The van der Waals surface area contributed by atoms with Crippen molar-refractivity contribution in [3.63, 3.8) is 0 Å². The van der Waals surface area contributed by atoms with Crippen molar-refractivity contribution in [2.75, 3.05) is 20.3 Å². The topological polar surface area (TPSA) is 48.8 Å². The van der Waals surface area contributed by atoms with E-state index in [2.05, 4.69) is 95.3 Å². The summed E-state index contributed by atoms with van der Waals surface area (Å²) in [7, 11) is 1.70. The highest BCUT2D eigenvalue weighted by atomic mass is 16.5. The molecule has 0 bridgehead atoms. The van der Waals surface area contributed by atoms with Crippen molar-refractivity contribution in [1.82, 2.24) is 14.5 Å². The predicted octanol–water partition coefficient (Wildman–Crippen LogP) is 9.03. The van der Waals surface area contributed by atoms with Crippen LogP contribution >= 0.6 is 0 Å². The largest absolute Gasteiger partial charge is 0.497 e. The Morgan fingerprint density at radius 2 is 1.27 bits per heavy atom. The lowest BCUT2D eigenvalue weighted by Gasteiger charge is -2.25. The van der Waals surface area contributed by atoms with Gasteiger partial charge in [-0.25, -0.2) is 4.98 Å². The first-order valence-corrected chi connectivity index (χ1v) is 16.1. The van der Waals surface area contributed by atoms with E-state index in [1.165, 1.54) is 16.8 Å². The zero-order valence-electron chi connectivity index (χ0n) is 27.0. The minimum atomic E-state index is 0.640. The molecule has 0 unspecified atom stereocenters. The van der Waals surface area contributed by atoms with Crippen LogP contribution in [0.2, 0.25) is 0 Å². The van der Waals surface area contributed by atoms with E-state index in [-0.39, 0.29) is 0 Å². The number of hydrogen-bond donors (Lipinski definition) is 0. The standard InChI is InChI=1S/C39H45N3O3/c1-5-8-24-42-37(38(32-20-22-34(43-4)23-21-32)40-39(42)33-16-10-9-11-17-33)29-41(27-30-14-12-18-35(25-30)44-6-2)28-31-15-13-19-36(26-31)45-7-3/h9-23,25-26H,5-8,24,27-29H2,1-4H3. The Morgan fingerprint density at radius 1 is 0.644 bits per heavy atom. The number of hydrogen-bond acceptors (Lipinski definition) is 5. The molecule has 6 nitrogen and oxygen atoms in total. The van der Waals surface area contributed by atoms with Crippen LogP contribution < -0.4 is 14.2 Å². The molecule has 0 aliphatic carbocycles. The van der Waals surface area contributed by atoms with E-state index >= 15 is 0 Å². The first-order valence-electron chi connectivity index (χ1n) is 16.1. The van der Waals surface area contributed by atoms with E-state index in [1.807, 2.05) is 38.1 Å². The molecular weight excluding hydrogens is 558 g/mol. The van der Waals surface area contributed by atoms with Gasteiger partial charge >= 0.3 is 0 Å². The average Bonchev–Trinajstić information content (AvgIpc) is 3.42. The molecule has 234 valence electrons. The normalized spacial score (nSPS) is 11.1. The molecular formula is C39H45N3O3. The van der Waals surface area contributed by atoms with Gasteiger partial charge in [0.15, 0.2) is 0 Å². The van der Waals surface area contributed by atoms with Crippen LogP contribution in [0.5, 0.6) is 17.2 Å². The van der Waals surface area contributed by atoms with Crippen molar-refractivity contribution in [3.8, 4) is 39.9 Å². The number of methoxy groups -OCH3 is 1. The number of benzene rings is 4. The lowest BCUT2D eigenvalue weighted by Crippen LogP contribution is -2.24. The summed E-state index contributed by atoms with van der Waals surface area (Å²) in [6, 6.07) is 35.7. The zero-order valence-corrected chi connectivity index (χ0v) is 27.0. The molecule has 0 saturated heterocycles. The van der Waals surface area contributed by atoms with Gasteiger partial charge < -0.3 is 18.8 Å². The molecule has 0 aliphatic heterocycles. The van der Waals surface area contributed by atoms with Crippen molar-refractivity contribution in [3.05, 3.63) is 120 Å². The molecule has 0 N–H and O–H groups in total. The van der Waals surface area contributed by atoms with Gasteiger partial charge in [0.1, 0.15) is 23.1 Å². The molecule has 1 aromatic heterocycles. The number of unbranched alkanes of at least 4 members (excludes halogenated alkanes) is 1. The molecule has 1 heterocycles. The van der Waals surface area contributed by atoms with E-state index in [4.69, 9.17) is 19.2 Å². The molecule has 0 saturated carbocycles. The number of imidazole rings is 1. The minimum absolute atomic E-state index is 0.640. The van der Waals surface area contributed by atoms with E-state index in [9.17, 15) is 0 Å². The maximum atomic E-state index is 5.86. The minimum Gasteiger partial charge on any atom is -0.497 e. The lowest BCUT2D eigenvalue weighted by molar-refractivity contribution is 0.240. The first-order chi connectivity index (χ1) is 22.1. The third kappa shape index (κ3) is 8.34. The monoisotopic (exact) mass is 603 g/mol. The Labute approximate surface area is 268 Å². The highest BCUT2D eigenvalue weighted by Crippen LogP contribution is 2.33. The Kier molecular flexibility index (Phi) is 11.3. The first kappa shape index (κ1) is 31.9. The summed E-state index contributed by atoms with van der Waals surface area (Å²) in [4.78, 5) is 7.86. The van der Waals surface area contributed by atoms with Gasteiger partial charge in [0.25, 0.3) is 0 Å². The van der Waals surface area contributed by atoms with Gasteiger partial charge in [-0.15, -0.1) is 0 Å². The van der Waals surface area contributed by atoms with Crippen LogP contribution in [0.25, 0.3) is 22.6 Å². The van der Waals surface area contributed by atoms with Crippen molar-refractivity contribution in [1.29, 1.82) is 0 Å². The van der Waals surface area contributed by atoms with E-state index in [0.717, 1.165) is 72.4 Å². The van der Waals surface area contributed by atoms with E-state index in [1.54, 1.807) is 7.11 Å². The van der Waals surface area contributed by atoms with Crippen LogP contribution in [0, 0.1) is 0 Å². The molecule has 0 fully saturated rings. The van der Waals surface area contributed by atoms with Crippen molar-refractivity contribution in [2.24, 2.45) is 0 Å². The molecule has 0 atom stereocenters. The fourth-order valence-electron chi connectivity index (χ4n) is 5.69. The summed E-state index contributed by atoms with van der Waals surface area (Å²) in [5, 5.41) is 0. The SMILES string of the molecule is CCCCn1c(-c2ccccc2)nc(-c2ccc(OC)cc2)c1CN(Cc1cccc(OCC)c1)Cc1cccc(OCC)c1. The van der Waals surface area contributed by atoms with Crippen molar-refractivity contribution in [2.45, 2.75) is 59.8 Å². The van der Waals surface area contributed by atoms with Gasteiger partial charge in [0.2, 0.25) is 0 Å². The summed E-state index contributed by atoms with van der Waals surface area (Å²) >= 11 is 0. The summed E-state index contributed by atoms with van der Waals surface area (Å²) in [6.07, 6.45) is 2.17. The summed E-state index contributed by atoms with van der Waals surface area (Å²) < 4.78 is 19.6. The average molecular weight is 604 g/mol. The maximum absolute atomic E-state index is 5.86. The summed E-state index contributed by atoms with van der Waals surface area (Å²) in [6.45, 7) is 10.7. The number of rotatable bonds is 16. The molecule has 4 aromatic carbocycles. The third-order valence-corrected chi connectivity index (χ3v) is 7.81. The van der Waals surface area contributed by atoms with Crippen LogP contribution in [0.15, 0.2) is 103 Å². The molecule has 0 amide bonds. The molecule has 6 heteroatoms. The van der Waals surface area contributed by atoms with Crippen LogP contribution in [-0.4, -0.2) is 34.8 Å². The second-order valence-corrected chi connectivity index (χ2v) is 11.1. The van der Waals surface area contributed by atoms with Gasteiger partial charge in [-0.3, -0.25) is 4.90 Å². The Balaban J connectivity index is 1.61. The fraction of sp³-hybridized carbons (Fsp3) is 0.308. The van der Waals surface area contributed by atoms with Crippen LogP contribution in [0.3, 0.4) is 0 Å². The van der Waals surface area contributed by atoms with Crippen molar-refractivity contribution >= 4 is 0 Å². The van der Waals surface area contributed by atoms with Crippen LogP contribution in [-0.2, 0) is 26.2 Å². The molecule has 0 aliphatic rings. The van der Waals surface area contributed by atoms with Gasteiger partial charge in [-0.1, -0.05) is 67.9 Å². The third-order valence-electron chi connectivity index (χ3n) is 7.81. The van der Waals surface area contributed by atoms with Gasteiger partial charge in [0, 0.05) is 37.3 Å². The molecule has 5 aromatic rings. The second kappa shape index (κ2) is 16.0. The number of aromatic nitrogens is 2. The van der Waals surface area contributed by atoms with E-state index < -0.39 is 0 Å². The number of ether oxygens (including phenoxy) is 3.